The molecule has 1 aromatic carbocycles. The summed E-state index contributed by atoms with van der Waals surface area (Å²) in [5.41, 5.74) is 6.73. The Morgan fingerprint density at radius 2 is 1.89 bits per heavy atom. The zero-order valence-electron chi connectivity index (χ0n) is 10.5. The first-order chi connectivity index (χ1) is 9.06. The fourth-order valence-electron chi connectivity index (χ4n) is 2.64. The van der Waals surface area contributed by atoms with Crippen LogP contribution in [0.25, 0.3) is 0 Å². The van der Waals surface area contributed by atoms with Gasteiger partial charge in [-0.15, -0.1) is 0 Å². The van der Waals surface area contributed by atoms with E-state index in [9.17, 15) is 9.90 Å². The number of halogens is 1. The molecular weight excluding hydrogens is 264 g/mol. The van der Waals surface area contributed by atoms with E-state index in [0.717, 1.165) is 0 Å². The van der Waals surface area contributed by atoms with Gasteiger partial charge in [0.1, 0.15) is 0 Å². The second-order valence-electron chi connectivity index (χ2n) is 5.58. The maximum absolute atomic E-state index is 11.3. The Morgan fingerprint density at radius 3 is 2.37 bits per heavy atom. The van der Waals surface area contributed by atoms with Crippen LogP contribution in [0.3, 0.4) is 0 Å². The molecule has 5 heteroatoms. The van der Waals surface area contributed by atoms with Crippen LogP contribution in [0.1, 0.15) is 36.0 Å². The average Bonchev–Trinajstić information content (AvgIpc) is 3.20. The lowest BCUT2D eigenvalue weighted by atomic mass is 10.1. The molecule has 3 rings (SSSR count). The van der Waals surface area contributed by atoms with Gasteiger partial charge in [-0.1, -0.05) is 11.6 Å². The lowest BCUT2D eigenvalue weighted by molar-refractivity contribution is 0.0698. The molecule has 2 fully saturated rings. The number of anilines is 2. The number of aromatic carboxylic acids is 1. The van der Waals surface area contributed by atoms with Gasteiger partial charge < -0.3 is 16.2 Å². The summed E-state index contributed by atoms with van der Waals surface area (Å²) in [5.74, 6) is 0.340. The van der Waals surface area contributed by atoms with Gasteiger partial charge in [0.05, 0.1) is 16.3 Å². The third-order valence-corrected chi connectivity index (χ3v) is 4.21. The molecule has 4 nitrogen and oxygen atoms in total. The van der Waals surface area contributed by atoms with E-state index in [1.54, 1.807) is 6.07 Å². The molecule has 0 atom stereocenters. The molecule has 19 heavy (non-hydrogen) atoms. The van der Waals surface area contributed by atoms with E-state index in [1.165, 1.54) is 31.7 Å². The van der Waals surface area contributed by atoms with E-state index in [4.69, 9.17) is 17.3 Å². The molecule has 0 aliphatic heterocycles. The number of hydrogen-bond donors (Lipinski definition) is 3. The van der Waals surface area contributed by atoms with Crippen molar-refractivity contribution in [2.45, 2.75) is 31.7 Å². The van der Waals surface area contributed by atoms with Crippen molar-refractivity contribution in [1.29, 1.82) is 0 Å². The van der Waals surface area contributed by atoms with Gasteiger partial charge in [-0.3, -0.25) is 0 Å². The fourth-order valence-corrected chi connectivity index (χ4v) is 2.92. The maximum atomic E-state index is 11.3. The summed E-state index contributed by atoms with van der Waals surface area (Å²) in [6.45, 7) is 0. The van der Waals surface area contributed by atoms with Crippen LogP contribution >= 0.6 is 11.6 Å². The van der Waals surface area contributed by atoms with Crippen LogP contribution in [0.4, 0.5) is 11.4 Å². The molecule has 0 bridgehead atoms. The maximum Gasteiger partial charge on any atom is 0.337 e. The lowest BCUT2D eigenvalue weighted by Gasteiger charge is -2.21. The van der Waals surface area contributed by atoms with Crippen LogP contribution < -0.4 is 11.1 Å². The summed E-state index contributed by atoms with van der Waals surface area (Å²) < 4.78 is 0. The highest BCUT2D eigenvalue weighted by Crippen LogP contribution is 2.46. The highest BCUT2D eigenvalue weighted by molar-refractivity contribution is 6.34. The Balaban J connectivity index is 1.91. The summed E-state index contributed by atoms with van der Waals surface area (Å²) in [7, 11) is 0. The van der Waals surface area contributed by atoms with Gasteiger partial charge in [-0.2, -0.15) is 0 Å². The molecule has 4 N–H and O–H groups in total. The second-order valence-corrected chi connectivity index (χ2v) is 5.98. The van der Waals surface area contributed by atoms with Crippen LogP contribution in [0.2, 0.25) is 5.02 Å². The quantitative estimate of drug-likeness (QED) is 0.724. The van der Waals surface area contributed by atoms with Crippen LogP contribution in [0.15, 0.2) is 12.1 Å². The van der Waals surface area contributed by atoms with E-state index in [2.05, 4.69) is 5.32 Å². The first-order valence-electron chi connectivity index (χ1n) is 6.65. The summed E-state index contributed by atoms with van der Waals surface area (Å²) >= 11 is 6.17. The van der Waals surface area contributed by atoms with E-state index >= 15 is 0 Å². The highest BCUT2D eigenvalue weighted by Gasteiger charge is 2.42. The van der Waals surface area contributed by atoms with Gasteiger partial charge in [-0.05, 0) is 49.7 Å². The molecule has 0 saturated heterocycles. The van der Waals surface area contributed by atoms with Gasteiger partial charge in [0.15, 0.2) is 0 Å². The topological polar surface area (TPSA) is 75.3 Å². The van der Waals surface area contributed by atoms with Crippen molar-refractivity contribution in [3.8, 4) is 0 Å². The Labute approximate surface area is 116 Å². The Kier molecular flexibility index (Phi) is 3.05. The number of nitrogen functional groups attached to an aromatic ring is 1. The molecular formula is C14H17ClN2O2. The van der Waals surface area contributed by atoms with Gasteiger partial charge in [0.2, 0.25) is 0 Å². The number of benzene rings is 1. The number of nitrogens with two attached hydrogens (primary N) is 1. The van der Waals surface area contributed by atoms with Gasteiger partial charge in [-0.25, -0.2) is 4.79 Å². The average molecular weight is 281 g/mol. The third kappa shape index (κ3) is 2.63. The number of hydrogen-bond acceptors (Lipinski definition) is 3. The van der Waals surface area contributed by atoms with Crippen molar-refractivity contribution in [2.75, 3.05) is 11.1 Å². The molecule has 0 unspecified atom stereocenters. The number of carboxylic acid groups (broad SMARTS) is 1. The predicted octanol–water partition coefficient (Wildman–Crippen LogP) is 3.22. The number of rotatable bonds is 5. The zero-order chi connectivity index (χ0) is 13.6. The van der Waals surface area contributed by atoms with E-state index in [1.807, 2.05) is 0 Å². The first kappa shape index (κ1) is 12.6. The van der Waals surface area contributed by atoms with Gasteiger partial charge >= 0.3 is 5.97 Å². The molecule has 2 aliphatic rings. The molecule has 0 amide bonds. The van der Waals surface area contributed by atoms with Crippen molar-refractivity contribution in [3.63, 3.8) is 0 Å². The first-order valence-corrected chi connectivity index (χ1v) is 7.03. The fraction of sp³-hybridized carbons (Fsp3) is 0.500. The molecule has 0 spiro atoms. The number of nitrogens with one attached hydrogen (secondary N) is 1. The molecule has 102 valence electrons. The Bertz CT molecular complexity index is 512. The number of carbonyl (C=O) groups is 1. The van der Waals surface area contributed by atoms with Crippen molar-refractivity contribution in [3.05, 3.63) is 22.7 Å². The summed E-state index contributed by atoms with van der Waals surface area (Å²) in [6.07, 6.45) is 4.90. The second kappa shape index (κ2) is 4.60. The van der Waals surface area contributed by atoms with Crippen LogP contribution in [-0.4, -0.2) is 17.1 Å². The monoisotopic (exact) mass is 280 g/mol. The smallest absolute Gasteiger partial charge is 0.337 e. The highest BCUT2D eigenvalue weighted by atomic mass is 35.5. The minimum Gasteiger partial charge on any atom is -0.478 e. The normalized spacial score (nSPS) is 18.6. The summed E-state index contributed by atoms with van der Waals surface area (Å²) in [6, 6.07) is 3.43. The summed E-state index contributed by atoms with van der Waals surface area (Å²) in [5, 5.41) is 13.1. The molecule has 0 heterocycles. The Morgan fingerprint density at radius 1 is 1.32 bits per heavy atom. The van der Waals surface area contributed by atoms with Gasteiger partial charge in [0.25, 0.3) is 0 Å². The third-order valence-electron chi connectivity index (χ3n) is 3.91. The van der Waals surface area contributed by atoms with Crippen molar-refractivity contribution >= 4 is 28.9 Å². The van der Waals surface area contributed by atoms with Crippen molar-refractivity contribution in [2.24, 2.45) is 11.8 Å². The van der Waals surface area contributed by atoms with E-state index < -0.39 is 5.97 Å². The van der Waals surface area contributed by atoms with E-state index in [0.29, 0.717) is 34.3 Å². The standard InChI is InChI=1S/C14H17ClN2O2/c15-11-6-9(16)5-10(14(18)19)13(11)17-12(7-1-2-7)8-3-4-8/h5-8,12,17H,1-4,16H2,(H,18,19). The number of carboxylic acids is 1. The van der Waals surface area contributed by atoms with Crippen LogP contribution in [0, 0.1) is 11.8 Å². The van der Waals surface area contributed by atoms with Crippen molar-refractivity contribution < 1.29 is 9.90 Å². The summed E-state index contributed by atoms with van der Waals surface area (Å²) in [4.78, 5) is 11.3. The molecule has 0 aromatic heterocycles. The van der Waals surface area contributed by atoms with Crippen LogP contribution in [-0.2, 0) is 0 Å². The minimum atomic E-state index is -0.998. The SMILES string of the molecule is Nc1cc(Cl)c(NC(C2CC2)C2CC2)c(C(=O)O)c1. The molecule has 2 aliphatic carbocycles. The van der Waals surface area contributed by atoms with Crippen LogP contribution in [0.5, 0.6) is 0 Å². The lowest BCUT2D eigenvalue weighted by Crippen LogP contribution is -2.25. The molecule has 2 saturated carbocycles. The predicted molar refractivity (Wildman–Crippen MR) is 75.7 cm³/mol. The largest absolute Gasteiger partial charge is 0.478 e. The molecule has 1 aromatic rings. The molecule has 0 radical (unpaired) electrons. The Hall–Kier alpha value is -1.42. The van der Waals surface area contributed by atoms with Crippen molar-refractivity contribution in [1.82, 2.24) is 0 Å². The minimum absolute atomic E-state index is 0.163. The van der Waals surface area contributed by atoms with E-state index in [-0.39, 0.29) is 5.56 Å². The van der Waals surface area contributed by atoms with Gasteiger partial charge in [0, 0.05) is 11.7 Å². The zero-order valence-corrected chi connectivity index (χ0v) is 11.3.